The Kier molecular flexibility index (Phi) is 3.43. The minimum absolute atomic E-state index is 0.180. The van der Waals surface area contributed by atoms with Gasteiger partial charge in [0.05, 0.1) is 11.4 Å². The molecule has 0 radical (unpaired) electrons. The molecule has 0 fully saturated rings. The van der Waals surface area contributed by atoms with E-state index in [-0.39, 0.29) is 5.91 Å². The molecule has 0 saturated carbocycles. The molecule has 0 unspecified atom stereocenters. The van der Waals surface area contributed by atoms with Gasteiger partial charge in [-0.3, -0.25) is 4.79 Å². The summed E-state index contributed by atoms with van der Waals surface area (Å²) in [5.74, 6) is -0.180. The molecule has 5 heteroatoms. The van der Waals surface area contributed by atoms with Gasteiger partial charge >= 0.3 is 0 Å². The van der Waals surface area contributed by atoms with Gasteiger partial charge in [-0.2, -0.15) is 0 Å². The van der Waals surface area contributed by atoms with Crippen LogP contribution in [0.15, 0.2) is 34.9 Å². The van der Waals surface area contributed by atoms with Crippen molar-refractivity contribution < 1.29 is 4.79 Å². The summed E-state index contributed by atoms with van der Waals surface area (Å²) in [6.45, 7) is 1.97. The first-order valence-corrected chi connectivity index (χ1v) is 6.26. The van der Waals surface area contributed by atoms with E-state index in [1.807, 2.05) is 25.1 Å². The van der Waals surface area contributed by atoms with Gasteiger partial charge in [0.2, 0.25) is 0 Å². The van der Waals surface area contributed by atoms with Crippen molar-refractivity contribution in [3.63, 3.8) is 0 Å². The largest absolute Gasteiger partial charge is 0.397 e. The summed E-state index contributed by atoms with van der Waals surface area (Å²) in [5, 5.41) is 2.86. The van der Waals surface area contributed by atoms with Crippen LogP contribution in [-0.2, 0) is 7.05 Å². The Labute approximate surface area is 114 Å². The van der Waals surface area contributed by atoms with Gasteiger partial charge in [0, 0.05) is 17.7 Å². The van der Waals surface area contributed by atoms with Gasteiger partial charge in [0.25, 0.3) is 5.91 Å². The maximum atomic E-state index is 12.1. The van der Waals surface area contributed by atoms with E-state index >= 15 is 0 Å². The van der Waals surface area contributed by atoms with Crippen LogP contribution in [-0.4, -0.2) is 10.5 Å². The number of carbonyl (C=O) groups excluding carboxylic acids is 1. The number of nitrogens with one attached hydrogen (secondary N) is 1. The summed E-state index contributed by atoms with van der Waals surface area (Å²) in [7, 11) is 1.79. The molecule has 1 heterocycles. The zero-order valence-corrected chi connectivity index (χ0v) is 11.8. The highest BCUT2D eigenvalue weighted by Gasteiger charge is 2.12. The first kappa shape index (κ1) is 12.7. The van der Waals surface area contributed by atoms with E-state index in [4.69, 9.17) is 5.73 Å². The number of rotatable bonds is 2. The lowest BCUT2D eigenvalue weighted by molar-refractivity contribution is 0.101. The molecular weight excluding hydrogens is 294 g/mol. The van der Waals surface area contributed by atoms with Crippen LogP contribution in [0, 0.1) is 6.92 Å². The fraction of sp³-hybridized carbons (Fsp3) is 0.154. The van der Waals surface area contributed by atoms with E-state index in [1.54, 1.807) is 23.9 Å². The molecule has 1 aromatic heterocycles. The number of nitrogens with two attached hydrogens (primary N) is 1. The molecule has 4 nitrogen and oxygen atoms in total. The number of carbonyl (C=O) groups is 1. The van der Waals surface area contributed by atoms with Crippen LogP contribution in [0.5, 0.6) is 0 Å². The SMILES string of the molecule is Cc1cccc(NC(=O)c2cc(N)cn2C)c1Br. The molecule has 1 aromatic carbocycles. The number of nitrogen functional groups attached to an aromatic ring is 1. The molecule has 18 heavy (non-hydrogen) atoms. The molecule has 0 spiro atoms. The molecule has 0 aliphatic carbocycles. The van der Waals surface area contributed by atoms with Crippen molar-refractivity contribution in [3.05, 3.63) is 46.2 Å². The minimum atomic E-state index is -0.180. The second-order valence-electron chi connectivity index (χ2n) is 4.16. The summed E-state index contributed by atoms with van der Waals surface area (Å²) < 4.78 is 2.59. The van der Waals surface area contributed by atoms with Crippen molar-refractivity contribution in [1.82, 2.24) is 4.57 Å². The lowest BCUT2D eigenvalue weighted by atomic mass is 10.2. The Morgan fingerprint density at radius 2 is 2.17 bits per heavy atom. The Hall–Kier alpha value is -1.75. The van der Waals surface area contributed by atoms with Gasteiger partial charge in [-0.1, -0.05) is 12.1 Å². The van der Waals surface area contributed by atoms with Gasteiger partial charge in [0.1, 0.15) is 5.69 Å². The van der Waals surface area contributed by atoms with Crippen molar-refractivity contribution >= 4 is 33.2 Å². The molecule has 2 rings (SSSR count). The van der Waals surface area contributed by atoms with Crippen LogP contribution >= 0.6 is 15.9 Å². The monoisotopic (exact) mass is 307 g/mol. The van der Waals surface area contributed by atoms with Crippen LogP contribution in [0.2, 0.25) is 0 Å². The number of nitrogens with zero attached hydrogens (tertiary/aromatic N) is 1. The lowest BCUT2D eigenvalue weighted by Crippen LogP contribution is -2.15. The maximum absolute atomic E-state index is 12.1. The number of benzene rings is 1. The van der Waals surface area contributed by atoms with E-state index < -0.39 is 0 Å². The van der Waals surface area contributed by atoms with E-state index in [9.17, 15) is 4.79 Å². The molecule has 0 bridgehead atoms. The molecule has 0 saturated heterocycles. The Morgan fingerprint density at radius 1 is 1.44 bits per heavy atom. The third kappa shape index (κ3) is 2.41. The summed E-state index contributed by atoms with van der Waals surface area (Å²) >= 11 is 3.46. The summed E-state index contributed by atoms with van der Waals surface area (Å²) in [6, 6.07) is 7.37. The minimum Gasteiger partial charge on any atom is -0.397 e. The van der Waals surface area contributed by atoms with Crippen molar-refractivity contribution in [3.8, 4) is 0 Å². The first-order chi connectivity index (χ1) is 8.49. The average Bonchev–Trinajstić information content (AvgIpc) is 2.64. The molecule has 0 atom stereocenters. The second kappa shape index (κ2) is 4.86. The molecule has 3 N–H and O–H groups in total. The first-order valence-electron chi connectivity index (χ1n) is 5.47. The summed E-state index contributed by atoms with van der Waals surface area (Å²) in [4.78, 5) is 12.1. The van der Waals surface area contributed by atoms with Crippen LogP contribution in [0.1, 0.15) is 16.1 Å². The van der Waals surface area contributed by atoms with Crippen LogP contribution < -0.4 is 11.1 Å². The van der Waals surface area contributed by atoms with Crippen molar-refractivity contribution in [2.45, 2.75) is 6.92 Å². The smallest absolute Gasteiger partial charge is 0.272 e. The maximum Gasteiger partial charge on any atom is 0.272 e. The van der Waals surface area contributed by atoms with Crippen molar-refractivity contribution in [2.75, 3.05) is 11.1 Å². The predicted octanol–water partition coefficient (Wildman–Crippen LogP) is 2.93. The number of halogens is 1. The fourth-order valence-corrected chi connectivity index (χ4v) is 2.11. The van der Waals surface area contributed by atoms with E-state index in [2.05, 4.69) is 21.2 Å². The van der Waals surface area contributed by atoms with Crippen LogP contribution in [0.3, 0.4) is 0 Å². The number of amides is 1. The number of aromatic nitrogens is 1. The topological polar surface area (TPSA) is 60.1 Å². The molecule has 0 aliphatic rings. The third-order valence-corrected chi connectivity index (χ3v) is 3.75. The van der Waals surface area contributed by atoms with E-state index in [1.165, 1.54) is 0 Å². The Morgan fingerprint density at radius 3 is 2.78 bits per heavy atom. The summed E-state index contributed by atoms with van der Waals surface area (Å²) in [5.41, 5.74) is 8.58. The summed E-state index contributed by atoms with van der Waals surface area (Å²) in [6.07, 6.45) is 1.71. The van der Waals surface area contributed by atoms with E-state index in [0.717, 1.165) is 15.7 Å². The number of hydrogen-bond donors (Lipinski definition) is 2. The third-order valence-electron chi connectivity index (χ3n) is 2.70. The Bertz CT molecular complexity index is 604. The quantitative estimate of drug-likeness (QED) is 0.896. The number of hydrogen-bond acceptors (Lipinski definition) is 2. The fourth-order valence-electron chi connectivity index (χ4n) is 1.75. The second-order valence-corrected chi connectivity index (χ2v) is 4.95. The van der Waals surface area contributed by atoms with Gasteiger partial charge in [-0.15, -0.1) is 0 Å². The van der Waals surface area contributed by atoms with Crippen molar-refractivity contribution in [2.24, 2.45) is 7.05 Å². The highest BCUT2D eigenvalue weighted by Crippen LogP contribution is 2.26. The van der Waals surface area contributed by atoms with Crippen molar-refractivity contribution in [1.29, 1.82) is 0 Å². The normalized spacial score (nSPS) is 10.4. The van der Waals surface area contributed by atoms with Gasteiger partial charge in [-0.25, -0.2) is 0 Å². The molecule has 94 valence electrons. The van der Waals surface area contributed by atoms with Crippen LogP contribution in [0.4, 0.5) is 11.4 Å². The van der Waals surface area contributed by atoms with Gasteiger partial charge in [0.15, 0.2) is 0 Å². The zero-order chi connectivity index (χ0) is 13.3. The molecule has 2 aromatic rings. The molecular formula is C13H14BrN3O. The zero-order valence-electron chi connectivity index (χ0n) is 10.2. The van der Waals surface area contributed by atoms with Crippen LogP contribution in [0.25, 0.3) is 0 Å². The average molecular weight is 308 g/mol. The van der Waals surface area contributed by atoms with Gasteiger partial charge in [-0.05, 0) is 40.5 Å². The standard InChI is InChI=1S/C13H14BrN3O/c1-8-4-3-5-10(12(8)14)16-13(18)11-6-9(15)7-17(11)2/h3-7H,15H2,1-2H3,(H,16,18). The molecule has 0 aliphatic heterocycles. The van der Waals surface area contributed by atoms with E-state index in [0.29, 0.717) is 11.4 Å². The number of anilines is 2. The highest BCUT2D eigenvalue weighted by atomic mass is 79.9. The number of aryl methyl sites for hydroxylation is 2. The highest BCUT2D eigenvalue weighted by molar-refractivity contribution is 9.10. The molecule has 1 amide bonds. The lowest BCUT2D eigenvalue weighted by Gasteiger charge is -2.09. The van der Waals surface area contributed by atoms with Gasteiger partial charge < -0.3 is 15.6 Å². The Balaban J connectivity index is 2.27. The predicted molar refractivity (Wildman–Crippen MR) is 76.7 cm³/mol.